The van der Waals surface area contributed by atoms with E-state index in [9.17, 15) is 20.0 Å². The van der Waals surface area contributed by atoms with Gasteiger partial charge in [0, 0.05) is 17.2 Å². The number of benzene rings is 2. The van der Waals surface area contributed by atoms with Crippen molar-refractivity contribution >= 4 is 17.5 Å². The fourth-order valence-corrected chi connectivity index (χ4v) is 2.04. The third kappa shape index (κ3) is 3.74. The predicted octanol–water partition coefficient (Wildman–Crippen LogP) is 3.51. The number of hydrogen-bond donors (Lipinski definition) is 1. The van der Waals surface area contributed by atoms with Crippen molar-refractivity contribution < 1.29 is 19.6 Å². The number of aryl methyl sites for hydroxylation is 1. The van der Waals surface area contributed by atoms with E-state index in [2.05, 4.69) is 0 Å². The van der Waals surface area contributed by atoms with E-state index in [4.69, 9.17) is 4.74 Å². The predicted molar refractivity (Wildman–Crippen MR) is 85.9 cm³/mol. The maximum Gasteiger partial charge on any atom is 0.273 e. The number of nitrogens with zero attached hydrogens (tertiary/aromatic N) is 1. The van der Waals surface area contributed by atoms with Gasteiger partial charge in [0.05, 0.1) is 12.0 Å². The molecule has 0 unspecified atom stereocenters. The van der Waals surface area contributed by atoms with Crippen LogP contribution in [0.5, 0.6) is 11.5 Å². The number of rotatable bonds is 5. The van der Waals surface area contributed by atoms with Gasteiger partial charge in [-0.2, -0.15) is 0 Å². The summed E-state index contributed by atoms with van der Waals surface area (Å²) in [6, 6.07) is 9.06. The summed E-state index contributed by atoms with van der Waals surface area (Å²) >= 11 is 0. The van der Waals surface area contributed by atoms with Gasteiger partial charge in [0.15, 0.2) is 17.3 Å². The molecule has 0 aliphatic carbocycles. The van der Waals surface area contributed by atoms with E-state index in [0.29, 0.717) is 16.9 Å². The highest BCUT2D eigenvalue weighted by atomic mass is 16.6. The van der Waals surface area contributed by atoms with Crippen LogP contribution >= 0.6 is 0 Å². The Morgan fingerprint density at radius 1 is 1.26 bits per heavy atom. The number of nitro groups is 1. The van der Waals surface area contributed by atoms with Crippen LogP contribution < -0.4 is 4.74 Å². The normalized spacial score (nSPS) is 10.7. The highest BCUT2D eigenvalue weighted by Crippen LogP contribution is 2.27. The monoisotopic (exact) mass is 313 g/mol. The lowest BCUT2D eigenvalue weighted by atomic mass is 10.1. The van der Waals surface area contributed by atoms with Crippen molar-refractivity contribution in [1.82, 2.24) is 0 Å². The molecule has 1 N–H and O–H groups in total. The number of allylic oxidation sites excluding steroid dienone is 1. The summed E-state index contributed by atoms with van der Waals surface area (Å²) in [5, 5.41) is 20.6. The first-order chi connectivity index (χ1) is 10.9. The molecule has 6 heteroatoms. The molecule has 0 spiro atoms. The number of carbonyl (C=O) groups is 1. The summed E-state index contributed by atoms with van der Waals surface area (Å²) in [5.74, 6) is -0.0564. The lowest BCUT2D eigenvalue weighted by Gasteiger charge is -2.03. The first-order valence-corrected chi connectivity index (χ1v) is 6.77. The van der Waals surface area contributed by atoms with Crippen molar-refractivity contribution in [1.29, 1.82) is 0 Å². The van der Waals surface area contributed by atoms with Crippen molar-refractivity contribution in [3.63, 3.8) is 0 Å². The first kappa shape index (κ1) is 16.2. The maximum absolute atomic E-state index is 12.1. The van der Waals surface area contributed by atoms with Crippen LogP contribution in [0, 0.1) is 17.0 Å². The average molecular weight is 313 g/mol. The first-order valence-electron chi connectivity index (χ1n) is 6.77. The summed E-state index contributed by atoms with van der Waals surface area (Å²) in [6.45, 7) is 1.61. The molecule has 0 atom stereocenters. The summed E-state index contributed by atoms with van der Waals surface area (Å²) in [5.41, 5.74) is 1.25. The summed E-state index contributed by atoms with van der Waals surface area (Å²) < 4.78 is 4.94. The van der Waals surface area contributed by atoms with Gasteiger partial charge < -0.3 is 9.84 Å². The fourth-order valence-electron chi connectivity index (χ4n) is 2.04. The van der Waals surface area contributed by atoms with E-state index in [0.717, 1.165) is 0 Å². The van der Waals surface area contributed by atoms with Crippen LogP contribution in [0.15, 0.2) is 42.5 Å². The van der Waals surface area contributed by atoms with Gasteiger partial charge in [-0.1, -0.05) is 24.3 Å². The molecular weight excluding hydrogens is 298 g/mol. The lowest BCUT2D eigenvalue weighted by Crippen LogP contribution is -1.98. The van der Waals surface area contributed by atoms with Gasteiger partial charge in [0.2, 0.25) is 0 Å². The van der Waals surface area contributed by atoms with E-state index >= 15 is 0 Å². The largest absolute Gasteiger partial charge is 0.504 e. The Morgan fingerprint density at radius 2 is 2.00 bits per heavy atom. The molecule has 0 aliphatic heterocycles. The van der Waals surface area contributed by atoms with Gasteiger partial charge in [0.1, 0.15) is 0 Å². The molecule has 0 saturated carbocycles. The number of ether oxygens (including phenoxy) is 1. The third-order valence-corrected chi connectivity index (χ3v) is 3.32. The Labute approximate surface area is 132 Å². The van der Waals surface area contributed by atoms with Crippen molar-refractivity contribution in [2.45, 2.75) is 6.92 Å². The smallest absolute Gasteiger partial charge is 0.273 e. The van der Waals surface area contributed by atoms with Gasteiger partial charge in [-0.05, 0) is 30.7 Å². The Hall–Kier alpha value is -3.15. The van der Waals surface area contributed by atoms with Crippen molar-refractivity contribution in [3.05, 3.63) is 69.3 Å². The van der Waals surface area contributed by atoms with Crippen LogP contribution in [-0.2, 0) is 0 Å². The number of ketones is 1. The number of carbonyl (C=O) groups excluding carboxylic acids is 1. The lowest BCUT2D eigenvalue weighted by molar-refractivity contribution is -0.385. The van der Waals surface area contributed by atoms with Crippen LogP contribution in [0.4, 0.5) is 5.69 Å². The summed E-state index contributed by atoms with van der Waals surface area (Å²) in [6.07, 6.45) is 2.82. The zero-order valence-electron chi connectivity index (χ0n) is 12.6. The Balaban J connectivity index is 2.23. The number of aromatic hydroxyl groups is 1. The van der Waals surface area contributed by atoms with Gasteiger partial charge >= 0.3 is 0 Å². The van der Waals surface area contributed by atoms with Crippen molar-refractivity contribution in [2.24, 2.45) is 0 Å². The minimum atomic E-state index is -0.517. The second-order valence-electron chi connectivity index (χ2n) is 4.89. The SMILES string of the molecule is COc1ccc(/C=C/C(=O)c2ccc(C)c([N+](=O)[O-])c2)cc1O. The molecular formula is C17H15NO5. The Bertz CT molecular complexity index is 796. The van der Waals surface area contributed by atoms with Gasteiger partial charge in [-0.15, -0.1) is 0 Å². The molecule has 0 heterocycles. The van der Waals surface area contributed by atoms with Gasteiger partial charge in [-0.25, -0.2) is 0 Å². The topological polar surface area (TPSA) is 89.7 Å². The molecule has 6 nitrogen and oxygen atoms in total. The number of nitro benzene ring substituents is 1. The minimum Gasteiger partial charge on any atom is -0.504 e. The summed E-state index contributed by atoms with van der Waals surface area (Å²) in [4.78, 5) is 22.5. The standard InChI is InChI=1S/C17H15NO5/c1-11-3-6-13(10-14(11)18(21)22)15(19)7-4-12-5-8-17(23-2)16(20)9-12/h3-10,20H,1-2H3/b7-4+. The molecule has 23 heavy (non-hydrogen) atoms. The highest BCUT2D eigenvalue weighted by molar-refractivity contribution is 6.07. The number of hydrogen-bond acceptors (Lipinski definition) is 5. The molecule has 0 radical (unpaired) electrons. The molecule has 0 fully saturated rings. The van der Waals surface area contributed by atoms with E-state index in [1.165, 1.54) is 31.4 Å². The number of phenols is 1. The zero-order chi connectivity index (χ0) is 17.0. The van der Waals surface area contributed by atoms with Crippen LogP contribution in [0.3, 0.4) is 0 Å². The van der Waals surface area contributed by atoms with Crippen LogP contribution in [0.2, 0.25) is 0 Å². The number of methoxy groups -OCH3 is 1. The minimum absolute atomic E-state index is 0.0342. The van der Waals surface area contributed by atoms with Crippen molar-refractivity contribution in [2.75, 3.05) is 7.11 Å². The Kier molecular flexibility index (Phi) is 4.75. The van der Waals surface area contributed by atoms with Gasteiger partial charge in [0.25, 0.3) is 5.69 Å². The molecule has 0 aromatic heterocycles. The molecule has 2 aromatic rings. The maximum atomic E-state index is 12.1. The van der Waals surface area contributed by atoms with Gasteiger partial charge in [-0.3, -0.25) is 14.9 Å². The highest BCUT2D eigenvalue weighted by Gasteiger charge is 2.13. The average Bonchev–Trinajstić information content (AvgIpc) is 2.52. The number of phenolic OH excluding ortho intramolecular Hbond substituents is 1. The summed E-state index contributed by atoms with van der Waals surface area (Å²) in [7, 11) is 1.44. The van der Waals surface area contributed by atoms with E-state index < -0.39 is 4.92 Å². The van der Waals surface area contributed by atoms with E-state index in [1.807, 2.05) is 0 Å². The molecule has 0 aliphatic rings. The fraction of sp³-hybridized carbons (Fsp3) is 0.118. The van der Waals surface area contributed by atoms with Crippen LogP contribution in [-0.4, -0.2) is 22.9 Å². The van der Waals surface area contributed by atoms with E-state index in [1.54, 1.807) is 31.2 Å². The van der Waals surface area contributed by atoms with Crippen molar-refractivity contribution in [3.8, 4) is 11.5 Å². The zero-order valence-corrected chi connectivity index (χ0v) is 12.6. The van der Waals surface area contributed by atoms with E-state index in [-0.39, 0.29) is 22.8 Å². The molecule has 0 amide bonds. The third-order valence-electron chi connectivity index (χ3n) is 3.32. The Morgan fingerprint density at radius 3 is 2.61 bits per heavy atom. The van der Waals surface area contributed by atoms with Crippen LogP contribution in [0.1, 0.15) is 21.5 Å². The quantitative estimate of drug-likeness (QED) is 0.395. The van der Waals surface area contributed by atoms with Crippen LogP contribution in [0.25, 0.3) is 6.08 Å². The molecule has 0 saturated heterocycles. The second-order valence-corrected chi connectivity index (χ2v) is 4.89. The molecule has 118 valence electrons. The molecule has 2 aromatic carbocycles. The molecule has 0 bridgehead atoms. The molecule has 2 rings (SSSR count). The second kappa shape index (κ2) is 6.74.